The first kappa shape index (κ1) is 11.1. The second-order valence-electron chi connectivity index (χ2n) is 4.52. The van der Waals surface area contributed by atoms with Gasteiger partial charge in [-0.15, -0.1) is 0 Å². The molecule has 3 aromatic rings. The molecule has 2 heterocycles. The largest absolute Gasteiger partial charge is 0.326 e. The molecule has 2 aromatic heterocycles. The van der Waals surface area contributed by atoms with Crippen LogP contribution in [0.25, 0.3) is 16.7 Å². The molecule has 0 saturated heterocycles. The third-order valence-corrected chi connectivity index (χ3v) is 3.26. The van der Waals surface area contributed by atoms with Crippen LogP contribution < -0.4 is 0 Å². The van der Waals surface area contributed by atoms with Crippen LogP contribution in [0.1, 0.15) is 19.8 Å². The molecule has 0 radical (unpaired) electrons. The second kappa shape index (κ2) is 4.69. The Morgan fingerprint density at radius 3 is 2.83 bits per heavy atom. The van der Waals surface area contributed by atoms with Gasteiger partial charge in [-0.25, -0.2) is 4.68 Å². The Bertz CT molecular complexity index is 635. The van der Waals surface area contributed by atoms with Gasteiger partial charge in [-0.1, -0.05) is 31.5 Å². The fourth-order valence-electron chi connectivity index (χ4n) is 2.34. The summed E-state index contributed by atoms with van der Waals surface area (Å²) >= 11 is 0. The number of aromatic nitrogens is 3. The molecule has 3 rings (SSSR count). The maximum Gasteiger partial charge on any atom is 0.135 e. The molecule has 3 heteroatoms. The Hall–Kier alpha value is -2.03. The molecule has 92 valence electrons. The lowest BCUT2D eigenvalue weighted by Gasteiger charge is -2.09. The molecule has 0 unspecified atom stereocenters. The van der Waals surface area contributed by atoms with Crippen molar-refractivity contribution in [2.24, 2.45) is 0 Å². The van der Waals surface area contributed by atoms with Crippen LogP contribution in [-0.2, 0) is 6.54 Å². The van der Waals surface area contributed by atoms with Gasteiger partial charge in [0.2, 0.25) is 0 Å². The van der Waals surface area contributed by atoms with E-state index < -0.39 is 0 Å². The summed E-state index contributed by atoms with van der Waals surface area (Å²) in [5, 5.41) is 5.62. The van der Waals surface area contributed by atoms with Gasteiger partial charge < -0.3 is 4.57 Å². The van der Waals surface area contributed by atoms with Gasteiger partial charge in [0, 0.05) is 29.8 Å². The molecule has 0 saturated carbocycles. The Kier molecular flexibility index (Phi) is 2.89. The average molecular weight is 239 g/mol. The van der Waals surface area contributed by atoms with E-state index in [-0.39, 0.29) is 0 Å². The highest BCUT2D eigenvalue weighted by atomic mass is 15.3. The number of aryl methyl sites for hydroxylation is 1. The molecular formula is C15H17N3. The van der Waals surface area contributed by atoms with Gasteiger partial charge in [0.05, 0.1) is 0 Å². The zero-order valence-corrected chi connectivity index (χ0v) is 10.6. The van der Waals surface area contributed by atoms with Crippen molar-refractivity contribution in [3.8, 4) is 5.82 Å². The SMILES string of the molecule is CCCCn1c(-n2cccn2)cc2ccccc21. The van der Waals surface area contributed by atoms with E-state index in [4.69, 9.17) is 0 Å². The summed E-state index contributed by atoms with van der Waals surface area (Å²) in [4.78, 5) is 0. The molecule has 3 nitrogen and oxygen atoms in total. The van der Waals surface area contributed by atoms with Gasteiger partial charge >= 0.3 is 0 Å². The normalized spacial score (nSPS) is 11.2. The maximum atomic E-state index is 4.35. The highest BCUT2D eigenvalue weighted by Gasteiger charge is 2.09. The number of rotatable bonds is 4. The molecule has 0 aliphatic rings. The van der Waals surface area contributed by atoms with E-state index in [2.05, 4.69) is 46.9 Å². The minimum atomic E-state index is 1.04. The van der Waals surface area contributed by atoms with Gasteiger partial charge in [0.25, 0.3) is 0 Å². The lowest BCUT2D eigenvalue weighted by molar-refractivity contribution is 0.625. The zero-order chi connectivity index (χ0) is 12.4. The number of nitrogens with zero attached hydrogens (tertiary/aromatic N) is 3. The zero-order valence-electron chi connectivity index (χ0n) is 10.6. The van der Waals surface area contributed by atoms with Crippen molar-refractivity contribution in [2.75, 3.05) is 0 Å². The van der Waals surface area contributed by atoms with Crippen LogP contribution in [0, 0.1) is 0 Å². The maximum absolute atomic E-state index is 4.35. The summed E-state index contributed by atoms with van der Waals surface area (Å²) in [6.07, 6.45) is 6.20. The molecule has 18 heavy (non-hydrogen) atoms. The van der Waals surface area contributed by atoms with Crippen LogP contribution in [0.2, 0.25) is 0 Å². The molecule has 1 aromatic carbocycles. The molecule has 0 N–H and O–H groups in total. The number of para-hydroxylation sites is 1. The van der Waals surface area contributed by atoms with Gasteiger partial charge in [0.15, 0.2) is 0 Å². The Balaban J connectivity index is 2.17. The van der Waals surface area contributed by atoms with E-state index in [1.165, 1.54) is 23.7 Å². The molecule has 0 bridgehead atoms. The highest BCUT2D eigenvalue weighted by molar-refractivity contribution is 5.83. The van der Waals surface area contributed by atoms with E-state index in [0.717, 1.165) is 12.4 Å². The summed E-state index contributed by atoms with van der Waals surface area (Å²) in [6, 6.07) is 12.7. The third kappa shape index (κ3) is 1.82. The van der Waals surface area contributed by atoms with Crippen molar-refractivity contribution in [1.29, 1.82) is 0 Å². The van der Waals surface area contributed by atoms with Gasteiger partial charge in [-0.05, 0) is 24.6 Å². The number of hydrogen-bond donors (Lipinski definition) is 0. The third-order valence-electron chi connectivity index (χ3n) is 3.26. The van der Waals surface area contributed by atoms with Gasteiger partial charge in [-0.3, -0.25) is 0 Å². The number of benzene rings is 1. The summed E-state index contributed by atoms with van der Waals surface area (Å²) < 4.78 is 4.29. The number of hydrogen-bond acceptors (Lipinski definition) is 1. The fourth-order valence-corrected chi connectivity index (χ4v) is 2.34. The van der Waals surface area contributed by atoms with Crippen LogP contribution in [0.4, 0.5) is 0 Å². The van der Waals surface area contributed by atoms with Crippen molar-refractivity contribution >= 4 is 10.9 Å². The first-order valence-electron chi connectivity index (χ1n) is 6.48. The van der Waals surface area contributed by atoms with Crippen LogP contribution in [0.3, 0.4) is 0 Å². The topological polar surface area (TPSA) is 22.8 Å². The summed E-state index contributed by atoms with van der Waals surface area (Å²) in [5.41, 5.74) is 1.29. The molecule has 0 fully saturated rings. The summed E-state index contributed by atoms with van der Waals surface area (Å²) in [7, 11) is 0. The van der Waals surface area contributed by atoms with Crippen LogP contribution >= 0.6 is 0 Å². The standard InChI is InChI=1S/C15H17N3/c1-2-3-10-17-14-8-5-4-7-13(14)12-15(17)18-11-6-9-16-18/h4-9,11-12H,2-3,10H2,1H3. The van der Waals surface area contributed by atoms with Crippen LogP contribution in [0.5, 0.6) is 0 Å². The predicted molar refractivity (Wildman–Crippen MR) is 74.0 cm³/mol. The minimum Gasteiger partial charge on any atom is -0.326 e. The van der Waals surface area contributed by atoms with E-state index in [9.17, 15) is 0 Å². The summed E-state index contributed by atoms with van der Waals surface area (Å²) in [5.74, 6) is 1.15. The average Bonchev–Trinajstić information content (AvgIpc) is 3.03. The molecule has 0 amide bonds. The van der Waals surface area contributed by atoms with Crippen molar-refractivity contribution in [3.05, 3.63) is 48.8 Å². The highest BCUT2D eigenvalue weighted by Crippen LogP contribution is 2.22. The molecular weight excluding hydrogens is 222 g/mol. The van der Waals surface area contributed by atoms with Gasteiger partial charge in [-0.2, -0.15) is 5.10 Å². The van der Waals surface area contributed by atoms with Crippen molar-refractivity contribution < 1.29 is 0 Å². The Morgan fingerprint density at radius 1 is 1.17 bits per heavy atom. The molecule has 0 aliphatic carbocycles. The number of fused-ring (bicyclic) bond motifs is 1. The van der Waals surface area contributed by atoms with Gasteiger partial charge in [0.1, 0.15) is 5.82 Å². The van der Waals surface area contributed by atoms with Crippen LogP contribution in [-0.4, -0.2) is 14.3 Å². The lowest BCUT2D eigenvalue weighted by atomic mass is 10.2. The van der Waals surface area contributed by atoms with E-state index in [1.807, 2.05) is 23.1 Å². The second-order valence-corrected chi connectivity index (χ2v) is 4.52. The fraction of sp³-hybridized carbons (Fsp3) is 0.267. The molecule has 0 spiro atoms. The molecule has 0 atom stereocenters. The van der Waals surface area contributed by atoms with Crippen molar-refractivity contribution in [1.82, 2.24) is 14.3 Å². The van der Waals surface area contributed by atoms with Crippen LogP contribution in [0.15, 0.2) is 48.8 Å². The number of unbranched alkanes of at least 4 members (excludes halogenated alkanes) is 1. The predicted octanol–water partition coefficient (Wildman–Crippen LogP) is 3.63. The first-order valence-corrected chi connectivity index (χ1v) is 6.48. The molecule has 0 aliphatic heterocycles. The monoisotopic (exact) mass is 239 g/mol. The van der Waals surface area contributed by atoms with E-state index >= 15 is 0 Å². The van der Waals surface area contributed by atoms with Crippen molar-refractivity contribution in [2.45, 2.75) is 26.3 Å². The van der Waals surface area contributed by atoms with E-state index in [1.54, 1.807) is 0 Å². The minimum absolute atomic E-state index is 1.04. The Morgan fingerprint density at radius 2 is 2.06 bits per heavy atom. The smallest absolute Gasteiger partial charge is 0.135 e. The lowest BCUT2D eigenvalue weighted by Crippen LogP contribution is -2.06. The first-order chi connectivity index (χ1) is 8.90. The quantitative estimate of drug-likeness (QED) is 0.681. The summed E-state index contributed by atoms with van der Waals surface area (Å²) in [6.45, 7) is 3.26. The Labute approximate surface area is 107 Å². The van der Waals surface area contributed by atoms with Crippen molar-refractivity contribution in [3.63, 3.8) is 0 Å². The van der Waals surface area contributed by atoms with E-state index in [0.29, 0.717) is 0 Å².